The van der Waals surface area contributed by atoms with E-state index in [1.807, 2.05) is 0 Å². The standard InChI is InChI=1S/C14H14N4O4/c1-20-14(19)8-5-9-7(16-8)4-10(21-9)13-17-12(18-22-13)11(15)6-2-3-6/h4-6,11,16H,2-3,15H2,1H3. The monoisotopic (exact) mass is 302 g/mol. The van der Waals surface area contributed by atoms with Crippen LogP contribution in [0.3, 0.4) is 0 Å². The highest BCUT2D eigenvalue weighted by Crippen LogP contribution is 2.39. The number of methoxy groups -OCH3 is 1. The molecule has 3 aromatic rings. The SMILES string of the molecule is COC(=O)c1cc2oc(-c3nc(C(N)C4CC4)no3)cc2[nH]1. The molecule has 0 bridgehead atoms. The molecule has 22 heavy (non-hydrogen) atoms. The smallest absolute Gasteiger partial charge is 0.354 e. The van der Waals surface area contributed by atoms with Crippen molar-refractivity contribution in [2.75, 3.05) is 7.11 Å². The number of carbonyl (C=O) groups excluding carboxylic acids is 1. The fourth-order valence-corrected chi connectivity index (χ4v) is 2.38. The fraction of sp³-hybridized carbons (Fsp3) is 0.357. The number of nitrogens with two attached hydrogens (primary N) is 1. The average molecular weight is 302 g/mol. The predicted molar refractivity (Wildman–Crippen MR) is 74.8 cm³/mol. The quantitative estimate of drug-likeness (QED) is 0.707. The number of H-pyrrole nitrogens is 1. The van der Waals surface area contributed by atoms with Crippen LogP contribution in [0.4, 0.5) is 0 Å². The highest BCUT2D eigenvalue weighted by Gasteiger charge is 2.33. The molecule has 8 heteroatoms. The molecule has 0 amide bonds. The van der Waals surface area contributed by atoms with Gasteiger partial charge in [-0.05, 0) is 18.8 Å². The molecule has 0 spiro atoms. The normalized spacial score (nSPS) is 16.1. The molecule has 1 aliphatic rings. The Morgan fingerprint density at radius 2 is 2.32 bits per heavy atom. The van der Waals surface area contributed by atoms with Crippen molar-refractivity contribution in [2.45, 2.75) is 18.9 Å². The van der Waals surface area contributed by atoms with Gasteiger partial charge in [-0.25, -0.2) is 4.79 Å². The topological polar surface area (TPSA) is 120 Å². The largest absolute Gasteiger partial charge is 0.464 e. The molecular formula is C14H14N4O4. The second kappa shape index (κ2) is 4.70. The Morgan fingerprint density at radius 3 is 3.00 bits per heavy atom. The van der Waals surface area contributed by atoms with Gasteiger partial charge in [0.15, 0.2) is 17.2 Å². The van der Waals surface area contributed by atoms with E-state index >= 15 is 0 Å². The number of ether oxygens (including phenoxy) is 1. The van der Waals surface area contributed by atoms with Gasteiger partial charge in [0.2, 0.25) is 0 Å². The van der Waals surface area contributed by atoms with Gasteiger partial charge >= 0.3 is 5.97 Å². The van der Waals surface area contributed by atoms with Gasteiger partial charge in [-0.1, -0.05) is 5.16 Å². The van der Waals surface area contributed by atoms with Gasteiger partial charge in [-0.3, -0.25) is 0 Å². The molecule has 0 aromatic carbocycles. The van der Waals surface area contributed by atoms with E-state index in [-0.39, 0.29) is 11.9 Å². The lowest BCUT2D eigenvalue weighted by molar-refractivity contribution is 0.0595. The van der Waals surface area contributed by atoms with Crippen molar-refractivity contribution < 1.29 is 18.5 Å². The number of rotatable bonds is 4. The van der Waals surface area contributed by atoms with Crippen LogP contribution in [0.2, 0.25) is 0 Å². The van der Waals surface area contributed by atoms with Gasteiger partial charge in [-0.2, -0.15) is 4.98 Å². The van der Waals surface area contributed by atoms with Gasteiger partial charge in [0.25, 0.3) is 5.89 Å². The van der Waals surface area contributed by atoms with E-state index in [1.165, 1.54) is 7.11 Å². The minimum absolute atomic E-state index is 0.191. The molecule has 4 rings (SSSR count). The number of esters is 1. The van der Waals surface area contributed by atoms with E-state index in [2.05, 4.69) is 19.9 Å². The number of hydrogen-bond donors (Lipinski definition) is 2. The number of fused-ring (bicyclic) bond motifs is 1. The molecule has 3 N–H and O–H groups in total. The van der Waals surface area contributed by atoms with E-state index in [4.69, 9.17) is 14.7 Å². The van der Waals surface area contributed by atoms with Crippen molar-refractivity contribution in [3.63, 3.8) is 0 Å². The predicted octanol–water partition coefficient (Wildman–Crippen LogP) is 2.01. The molecule has 8 nitrogen and oxygen atoms in total. The number of aromatic nitrogens is 3. The Bertz CT molecular complexity index is 811. The maximum absolute atomic E-state index is 11.4. The van der Waals surface area contributed by atoms with Crippen molar-refractivity contribution in [1.29, 1.82) is 0 Å². The summed E-state index contributed by atoms with van der Waals surface area (Å²) in [5, 5.41) is 3.91. The van der Waals surface area contributed by atoms with Crippen LogP contribution < -0.4 is 5.73 Å². The zero-order chi connectivity index (χ0) is 15.3. The summed E-state index contributed by atoms with van der Waals surface area (Å²) in [4.78, 5) is 18.6. The summed E-state index contributed by atoms with van der Waals surface area (Å²) in [6.45, 7) is 0. The van der Waals surface area contributed by atoms with Crippen LogP contribution in [0.25, 0.3) is 22.8 Å². The minimum atomic E-state index is -0.455. The summed E-state index contributed by atoms with van der Waals surface area (Å²) in [5.41, 5.74) is 7.54. The molecule has 1 atom stereocenters. The van der Waals surface area contributed by atoms with Gasteiger partial charge in [0, 0.05) is 12.1 Å². The van der Waals surface area contributed by atoms with Crippen LogP contribution in [0.1, 0.15) is 35.2 Å². The zero-order valence-corrected chi connectivity index (χ0v) is 11.8. The first-order chi connectivity index (χ1) is 10.7. The lowest BCUT2D eigenvalue weighted by Gasteiger charge is -2.01. The summed E-state index contributed by atoms with van der Waals surface area (Å²) < 4.78 is 15.5. The summed E-state index contributed by atoms with van der Waals surface area (Å²) >= 11 is 0. The maximum Gasteiger partial charge on any atom is 0.354 e. The molecule has 0 aliphatic heterocycles. The van der Waals surface area contributed by atoms with E-state index in [1.54, 1.807) is 12.1 Å². The lowest BCUT2D eigenvalue weighted by Crippen LogP contribution is -2.13. The average Bonchev–Trinajstić information content (AvgIpc) is 2.95. The van der Waals surface area contributed by atoms with Crippen molar-refractivity contribution in [3.8, 4) is 11.7 Å². The summed E-state index contributed by atoms with van der Waals surface area (Å²) in [5.74, 6) is 1.19. The van der Waals surface area contributed by atoms with Gasteiger partial charge < -0.3 is 24.4 Å². The number of furan rings is 1. The Hall–Kier alpha value is -2.61. The molecule has 1 aliphatic carbocycles. The third kappa shape index (κ3) is 2.08. The van der Waals surface area contributed by atoms with Crippen LogP contribution in [0.15, 0.2) is 21.1 Å². The first-order valence-electron chi connectivity index (χ1n) is 6.96. The molecule has 1 saturated carbocycles. The highest BCUT2D eigenvalue weighted by atomic mass is 16.5. The molecule has 1 unspecified atom stereocenters. The summed E-state index contributed by atoms with van der Waals surface area (Å²) in [7, 11) is 1.32. The third-order valence-electron chi connectivity index (χ3n) is 3.79. The molecular weight excluding hydrogens is 288 g/mol. The van der Waals surface area contributed by atoms with Crippen LogP contribution in [-0.4, -0.2) is 28.2 Å². The van der Waals surface area contributed by atoms with Gasteiger partial charge in [0.1, 0.15) is 5.69 Å². The number of nitrogens with zero attached hydrogens (tertiary/aromatic N) is 2. The highest BCUT2D eigenvalue weighted by molar-refractivity contribution is 5.93. The fourth-order valence-electron chi connectivity index (χ4n) is 2.38. The second-order valence-electron chi connectivity index (χ2n) is 5.38. The Balaban J connectivity index is 1.63. The first-order valence-corrected chi connectivity index (χ1v) is 6.96. The van der Waals surface area contributed by atoms with Crippen molar-refractivity contribution in [2.24, 2.45) is 11.7 Å². The van der Waals surface area contributed by atoms with Gasteiger partial charge in [0.05, 0.1) is 18.7 Å². The van der Waals surface area contributed by atoms with E-state index < -0.39 is 5.97 Å². The minimum Gasteiger partial charge on any atom is -0.464 e. The van der Waals surface area contributed by atoms with Crippen molar-refractivity contribution in [3.05, 3.63) is 23.7 Å². The summed E-state index contributed by atoms with van der Waals surface area (Å²) in [6.07, 6.45) is 2.20. The molecule has 1 fully saturated rings. The number of carbonyl (C=O) groups is 1. The Kier molecular flexibility index (Phi) is 2.80. The molecule has 0 saturated heterocycles. The van der Waals surface area contributed by atoms with E-state index in [0.29, 0.717) is 34.3 Å². The molecule has 114 valence electrons. The Labute approximate surface area is 124 Å². The lowest BCUT2D eigenvalue weighted by atomic mass is 10.2. The summed E-state index contributed by atoms with van der Waals surface area (Å²) in [6, 6.07) is 3.07. The Morgan fingerprint density at radius 1 is 1.50 bits per heavy atom. The number of hydrogen-bond acceptors (Lipinski definition) is 7. The maximum atomic E-state index is 11.4. The van der Waals surface area contributed by atoms with Crippen LogP contribution >= 0.6 is 0 Å². The second-order valence-corrected chi connectivity index (χ2v) is 5.38. The van der Waals surface area contributed by atoms with Crippen LogP contribution in [0.5, 0.6) is 0 Å². The number of aromatic amines is 1. The van der Waals surface area contributed by atoms with Crippen molar-refractivity contribution >= 4 is 17.1 Å². The van der Waals surface area contributed by atoms with E-state index in [0.717, 1.165) is 12.8 Å². The molecule has 0 radical (unpaired) electrons. The van der Waals surface area contributed by atoms with Crippen LogP contribution in [0, 0.1) is 5.92 Å². The first kappa shape index (κ1) is 13.1. The molecule has 3 aromatic heterocycles. The van der Waals surface area contributed by atoms with Crippen molar-refractivity contribution in [1.82, 2.24) is 15.1 Å². The third-order valence-corrected chi connectivity index (χ3v) is 3.79. The van der Waals surface area contributed by atoms with E-state index in [9.17, 15) is 4.79 Å². The number of nitrogens with one attached hydrogen (secondary N) is 1. The van der Waals surface area contributed by atoms with Gasteiger partial charge in [-0.15, -0.1) is 0 Å². The van der Waals surface area contributed by atoms with Crippen LogP contribution in [-0.2, 0) is 4.74 Å². The zero-order valence-electron chi connectivity index (χ0n) is 11.8. The molecule has 3 heterocycles.